The molecule has 3 N–H and O–H groups in total. The molecule has 0 saturated carbocycles. The van der Waals surface area contributed by atoms with E-state index in [4.69, 9.17) is 0 Å². The number of carbonyl (C=O) groups is 3. The average Bonchev–Trinajstić information content (AvgIpc) is 2.64. The number of benzene rings is 2. The molecule has 8 heteroatoms. The summed E-state index contributed by atoms with van der Waals surface area (Å²) in [6.45, 7) is 0.131. The molecule has 0 unspecified atom stereocenters. The van der Waals surface area contributed by atoms with Crippen molar-refractivity contribution in [1.29, 1.82) is 0 Å². The normalized spacial score (nSPS) is 10.1. The molecule has 2 aromatic carbocycles. The van der Waals surface area contributed by atoms with Gasteiger partial charge in [0.25, 0.3) is 11.8 Å². The maximum Gasteiger partial charge on any atom is 0.254 e. The van der Waals surface area contributed by atoms with Gasteiger partial charge in [-0.2, -0.15) is 0 Å². The van der Waals surface area contributed by atoms with Gasteiger partial charge in [-0.1, -0.05) is 24.3 Å². The number of carbonyl (C=O) groups excluding carboxylic acids is 3. The van der Waals surface area contributed by atoms with Gasteiger partial charge in [0, 0.05) is 16.7 Å². The predicted octanol–water partition coefficient (Wildman–Crippen LogP) is 1.71. The zero-order chi connectivity index (χ0) is 18.9. The van der Waals surface area contributed by atoms with Crippen LogP contribution in [0.2, 0.25) is 0 Å². The lowest BCUT2D eigenvalue weighted by Crippen LogP contribution is -2.40. The van der Waals surface area contributed by atoms with E-state index in [-0.39, 0.29) is 37.0 Å². The van der Waals surface area contributed by atoms with Crippen LogP contribution in [0.5, 0.6) is 0 Å². The van der Waals surface area contributed by atoms with E-state index in [0.29, 0.717) is 5.56 Å². The van der Waals surface area contributed by atoms with E-state index in [1.165, 1.54) is 18.2 Å². The molecule has 0 aliphatic heterocycles. The molecule has 26 heavy (non-hydrogen) atoms. The van der Waals surface area contributed by atoms with Crippen LogP contribution in [0.15, 0.2) is 48.5 Å². The van der Waals surface area contributed by atoms with Crippen LogP contribution < -0.4 is 16.0 Å². The van der Waals surface area contributed by atoms with Crippen molar-refractivity contribution in [3.05, 3.63) is 69.0 Å². The maximum absolute atomic E-state index is 13.5. The Bertz CT molecular complexity index is 814. The number of nitrogens with one attached hydrogen (secondary N) is 3. The summed E-state index contributed by atoms with van der Waals surface area (Å²) in [5.41, 5.74) is 0.446. The molecule has 0 heterocycles. The van der Waals surface area contributed by atoms with Gasteiger partial charge in [0.15, 0.2) is 0 Å². The van der Waals surface area contributed by atoms with Crippen LogP contribution in [0.25, 0.3) is 0 Å². The standard InChI is InChI=1S/C18H17FIN3O3/c19-14-7-3-1-5-12(14)17(25)22-10-9-21-16(24)11-23-18(26)13-6-2-4-8-15(13)20/h1-8H,9-11H2,(H,21,24)(H,22,25)(H,23,26). The molecule has 0 spiro atoms. The van der Waals surface area contributed by atoms with E-state index in [1.54, 1.807) is 24.3 Å². The molecule has 136 valence electrons. The molecule has 0 saturated heterocycles. The van der Waals surface area contributed by atoms with Gasteiger partial charge in [-0.05, 0) is 46.9 Å². The number of hydrogen-bond acceptors (Lipinski definition) is 3. The van der Waals surface area contributed by atoms with E-state index in [1.807, 2.05) is 28.7 Å². The van der Waals surface area contributed by atoms with Crippen molar-refractivity contribution in [2.45, 2.75) is 0 Å². The van der Waals surface area contributed by atoms with Crippen LogP contribution in [-0.2, 0) is 4.79 Å². The average molecular weight is 469 g/mol. The maximum atomic E-state index is 13.5. The summed E-state index contributed by atoms with van der Waals surface area (Å²) >= 11 is 2.05. The van der Waals surface area contributed by atoms with Crippen LogP contribution in [0, 0.1) is 9.39 Å². The summed E-state index contributed by atoms with van der Waals surface area (Å²) in [6, 6.07) is 12.7. The van der Waals surface area contributed by atoms with Gasteiger partial charge < -0.3 is 16.0 Å². The van der Waals surface area contributed by atoms with E-state index in [0.717, 1.165) is 3.57 Å². The second-order valence-corrected chi connectivity index (χ2v) is 6.41. The number of rotatable bonds is 7. The van der Waals surface area contributed by atoms with Gasteiger partial charge in [-0.3, -0.25) is 14.4 Å². The van der Waals surface area contributed by atoms with Crippen molar-refractivity contribution in [2.24, 2.45) is 0 Å². The quantitative estimate of drug-likeness (QED) is 0.427. The molecule has 0 radical (unpaired) electrons. The fraction of sp³-hybridized carbons (Fsp3) is 0.167. The molecule has 0 fully saturated rings. The van der Waals surface area contributed by atoms with Gasteiger partial charge in [-0.25, -0.2) is 4.39 Å². The first kappa shape index (κ1) is 19.8. The number of hydrogen-bond donors (Lipinski definition) is 3. The van der Waals surface area contributed by atoms with Crippen LogP contribution in [0.4, 0.5) is 4.39 Å². The molecule has 0 aliphatic rings. The Labute approximate surface area is 163 Å². The topological polar surface area (TPSA) is 87.3 Å². The van der Waals surface area contributed by atoms with E-state index >= 15 is 0 Å². The van der Waals surface area contributed by atoms with Gasteiger partial charge in [0.05, 0.1) is 17.7 Å². The van der Waals surface area contributed by atoms with Crippen molar-refractivity contribution in [1.82, 2.24) is 16.0 Å². The molecule has 0 bridgehead atoms. The fourth-order valence-corrected chi connectivity index (χ4v) is 2.71. The molecule has 0 aromatic heterocycles. The Morgan fingerprint density at radius 1 is 0.808 bits per heavy atom. The van der Waals surface area contributed by atoms with Crippen LogP contribution >= 0.6 is 22.6 Å². The highest BCUT2D eigenvalue weighted by Gasteiger charge is 2.11. The van der Waals surface area contributed by atoms with Crippen molar-refractivity contribution in [3.63, 3.8) is 0 Å². The molecule has 2 rings (SSSR count). The highest BCUT2D eigenvalue weighted by Crippen LogP contribution is 2.10. The fourth-order valence-electron chi connectivity index (χ4n) is 2.08. The minimum Gasteiger partial charge on any atom is -0.353 e. The summed E-state index contributed by atoms with van der Waals surface area (Å²) < 4.78 is 14.2. The van der Waals surface area contributed by atoms with Gasteiger partial charge in [-0.15, -0.1) is 0 Å². The molecule has 6 nitrogen and oxygen atoms in total. The lowest BCUT2D eigenvalue weighted by Gasteiger charge is -2.09. The first-order valence-corrected chi connectivity index (χ1v) is 8.89. The minimum atomic E-state index is -0.604. The first-order valence-electron chi connectivity index (χ1n) is 7.81. The van der Waals surface area contributed by atoms with Crippen molar-refractivity contribution >= 4 is 40.3 Å². The zero-order valence-corrected chi connectivity index (χ0v) is 15.9. The monoisotopic (exact) mass is 469 g/mol. The van der Waals surface area contributed by atoms with E-state index in [2.05, 4.69) is 16.0 Å². The highest BCUT2D eigenvalue weighted by atomic mass is 127. The second kappa shape index (κ2) is 9.85. The molecule has 0 atom stereocenters. The Balaban J connectivity index is 1.68. The SMILES string of the molecule is O=C(CNC(=O)c1ccccc1I)NCCNC(=O)c1ccccc1F. The van der Waals surface area contributed by atoms with Crippen LogP contribution in [0.1, 0.15) is 20.7 Å². The summed E-state index contributed by atoms with van der Waals surface area (Å²) in [4.78, 5) is 35.5. The summed E-state index contributed by atoms with van der Waals surface area (Å²) in [5.74, 6) is -1.88. The number of amides is 3. The Kier molecular flexibility index (Phi) is 7.52. The van der Waals surface area contributed by atoms with E-state index in [9.17, 15) is 18.8 Å². The largest absolute Gasteiger partial charge is 0.353 e. The molecule has 2 aromatic rings. The predicted molar refractivity (Wildman–Crippen MR) is 103 cm³/mol. The summed E-state index contributed by atoms with van der Waals surface area (Å²) in [5, 5.41) is 7.60. The third kappa shape index (κ3) is 5.80. The third-order valence-corrected chi connectivity index (χ3v) is 4.32. The zero-order valence-electron chi connectivity index (χ0n) is 13.7. The van der Waals surface area contributed by atoms with Crippen LogP contribution in [0.3, 0.4) is 0 Å². The van der Waals surface area contributed by atoms with Crippen molar-refractivity contribution in [2.75, 3.05) is 19.6 Å². The molecular weight excluding hydrogens is 452 g/mol. The van der Waals surface area contributed by atoms with Crippen LogP contribution in [-0.4, -0.2) is 37.4 Å². The lowest BCUT2D eigenvalue weighted by atomic mass is 10.2. The smallest absolute Gasteiger partial charge is 0.254 e. The van der Waals surface area contributed by atoms with Gasteiger partial charge in [0.2, 0.25) is 5.91 Å². The molecule has 3 amide bonds. The van der Waals surface area contributed by atoms with Gasteiger partial charge >= 0.3 is 0 Å². The van der Waals surface area contributed by atoms with Crippen molar-refractivity contribution in [3.8, 4) is 0 Å². The van der Waals surface area contributed by atoms with Crippen molar-refractivity contribution < 1.29 is 18.8 Å². The van der Waals surface area contributed by atoms with E-state index < -0.39 is 11.7 Å². The Morgan fingerprint density at radius 3 is 2.08 bits per heavy atom. The first-order chi connectivity index (χ1) is 12.5. The second-order valence-electron chi connectivity index (χ2n) is 5.25. The summed E-state index contributed by atoms with van der Waals surface area (Å²) in [7, 11) is 0. The Morgan fingerprint density at radius 2 is 1.38 bits per heavy atom. The summed E-state index contributed by atoms with van der Waals surface area (Å²) in [6.07, 6.45) is 0. The third-order valence-electron chi connectivity index (χ3n) is 3.38. The Hall–Kier alpha value is -2.49. The minimum absolute atomic E-state index is 0.0523. The lowest BCUT2D eigenvalue weighted by molar-refractivity contribution is -0.120. The highest BCUT2D eigenvalue weighted by molar-refractivity contribution is 14.1. The molecule has 0 aliphatic carbocycles. The number of halogens is 2. The van der Waals surface area contributed by atoms with Gasteiger partial charge in [0.1, 0.15) is 5.82 Å². The molecular formula is C18H17FIN3O3.